The SMILES string of the molecule is C=C(C)CN(CC)C(=O)COC(=O)c1ccccc1CSC1=NCCS1. The number of ether oxygens (including phenoxy) is 1. The maximum absolute atomic E-state index is 12.4. The minimum atomic E-state index is -0.470. The highest BCUT2D eigenvalue weighted by atomic mass is 32.2. The summed E-state index contributed by atoms with van der Waals surface area (Å²) in [6.45, 7) is 9.19. The molecule has 0 aliphatic carbocycles. The summed E-state index contributed by atoms with van der Waals surface area (Å²) in [7, 11) is 0. The number of carbonyl (C=O) groups is 2. The zero-order chi connectivity index (χ0) is 18.9. The summed E-state index contributed by atoms with van der Waals surface area (Å²) in [5, 5.41) is 0. The van der Waals surface area contributed by atoms with Gasteiger partial charge in [-0.3, -0.25) is 9.79 Å². The molecule has 1 aromatic rings. The number of benzene rings is 1. The third-order valence-electron chi connectivity index (χ3n) is 3.67. The fraction of sp³-hybridized carbons (Fsp3) is 0.421. The molecule has 1 aliphatic heterocycles. The minimum Gasteiger partial charge on any atom is -0.452 e. The molecule has 140 valence electrons. The van der Waals surface area contributed by atoms with Gasteiger partial charge < -0.3 is 9.64 Å². The minimum absolute atomic E-state index is 0.215. The highest BCUT2D eigenvalue weighted by molar-refractivity contribution is 8.38. The second kappa shape index (κ2) is 10.4. The molecule has 1 aliphatic rings. The van der Waals surface area contributed by atoms with E-state index >= 15 is 0 Å². The fourth-order valence-corrected chi connectivity index (χ4v) is 4.40. The van der Waals surface area contributed by atoms with Crippen LogP contribution in [0.3, 0.4) is 0 Å². The number of nitrogens with zero attached hydrogens (tertiary/aromatic N) is 2. The maximum Gasteiger partial charge on any atom is 0.338 e. The van der Waals surface area contributed by atoms with Crippen molar-refractivity contribution in [2.45, 2.75) is 19.6 Å². The van der Waals surface area contributed by atoms with E-state index in [-0.39, 0.29) is 12.5 Å². The molecule has 2 rings (SSSR count). The van der Waals surface area contributed by atoms with Gasteiger partial charge in [0.2, 0.25) is 0 Å². The van der Waals surface area contributed by atoms with Crippen LogP contribution in [-0.2, 0) is 15.3 Å². The molecule has 0 radical (unpaired) electrons. The van der Waals surface area contributed by atoms with E-state index in [9.17, 15) is 9.59 Å². The van der Waals surface area contributed by atoms with Crippen LogP contribution >= 0.6 is 23.5 Å². The van der Waals surface area contributed by atoms with Crippen molar-refractivity contribution in [3.8, 4) is 0 Å². The highest BCUT2D eigenvalue weighted by Gasteiger charge is 2.18. The van der Waals surface area contributed by atoms with Gasteiger partial charge in [-0.05, 0) is 25.5 Å². The number of thioether (sulfide) groups is 2. The van der Waals surface area contributed by atoms with Gasteiger partial charge in [0.05, 0.1) is 12.1 Å². The lowest BCUT2D eigenvalue weighted by Crippen LogP contribution is -2.35. The monoisotopic (exact) mass is 392 g/mol. The van der Waals surface area contributed by atoms with Gasteiger partial charge in [-0.1, -0.05) is 53.9 Å². The van der Waals surface area contributed by atoms with Crippen LogP contribution in [0.15, 0.2) is 41.4 Å². The number of aliphatic imine (C=N–C) groups is 1. The van der Waals surface area contributed by atoms with Crippen LogP contribution in [0, 0.1) is 0 Å². The van der Waals surface area contributed by atoms with Crippen molar-refractivity contribution in [2.75, 3.05) is 32.0 Å². The number of likely N-dealkylation sites (N-methyl/N-ethyl adjacent to an activating group) is 1. The average Bonchev–Trinajstić information content (AvgIpc) is 3.15. The zero-order valence-electron chi connectivity index (χ0n) is 15.2. The second-order valence-corrected chi connectivity index (χ2v) is 8.19. The first-order valence-electron chi connectivity index (χ1n) is 8.48. The molecule has 0 spiro atoms. The molecule has 0 aromatic heterocycles. The molecule has 0 saturated carbocycles. The Morgan fingerprint density at radius 3 is 2.81 bits per heavy atom. The molecule has 0 bridgehead atoms. The first-order chi connectivity index (χ1) is 12.5. The van der Waals surface area contributed by atoms with Gasteiger partial charge in [0.15, 0.2) is 6.61 Å². The smallest absolute Gasteiger partial charge is 0.338 e. The maximum atomic E-state index is 12.4. The Morgan fingerprint density at radius 1 is 1.38 bits per heavy atom. The van der Waals surface area contributed by atoms with Gasteiger partial charge in [0, 0.05) is 24.6 Å². The Morgan fingerprint density at radius 2 is 2.15 bits per heavy atom. The van der Waals surface area contributed by atoms with Crippen molar-refractivity contribution >= 4 is 39.8 Å². The summed E-state index contributed by atoms with van der Waals surface area (Å²) in [6.07, 6.45) is 0. The van der Waals surface area contributed by atoms with Crippen LogP contribution < -0.4 is 0 Å². The van der Waals surface area contributed by atoms with E-state index in [2.05, 4.69) is 11.6 Å². The van der Waals surface area contributed by atoms with Gasteiger partial charge in [-0.15, -0.1) is 0 Å². The van der Waals surface area contributed by atoms with Gasteiger partial charge in [0.1, 0.15) is 4.38 Å². The van der Waals surface area contributed by atoms with Gasteiger partial charge >= 0.3 is 5.97 Å². The highest BCUT2D eigenvalue weighted by Crippen LogP contribution is 2.26. The summed E-state index contributed by atoms with van der Waals surface area (Å²) in [5.74, 6) is 0.989. The Balaban J connectivity index is 1.94. The molecule has 1 heterocycles. The van der Waals surface area contributed by atoms with E-state index in [1.807, 2.05) is 26.0 Å². The van der Waals surface area contributed by atoms with Gasteiger partial charge in [0.25, 0.3) is 5.91 Å². The van der Waals surface area contributed by atoms with E-state index in [4.69, 9.17) is 4.74 Å². The molecule has 0 N–H and O–H groups in total. The second-order valence-electron chi connectivity index (χ2n) is 5.88. The van der Waals surface area contributed by atoms with E-state index in [0.717, 1.165) is 27.8 Å². The quantitative estimate of drug-likeness (QED) is 0.500. The van der Waals surface area contributed by atoms with Crippen LogP contribution in [0.1, 0.15) is 29.8 Å². The molecule has 0 unspecified atom stereocenters. The molecule has 0 saturated heterocycles. The Labute approximate surface area is 163 Å². The van der Waals surface area contributed by atoms with Crippen LogP contribution in [0.2, 0.25) is 0 Å². The average molecular weight is 393 g/mol. The Hall–Kier alpha value is -1.73. The molecule has 1 aromatic carbocycles. The summed E-state index contributed by atoms with van der Waals surface area (Å²) >= 11 is 3.37. The van der Waals surface area contributed by atoms with Crippen LogP contribution in [0.5, 0.6) is 0 Å². The summed E-state index contributed by atoms with van der Waals surface area (Å²) in [4.78, 5) is 30.7. The molecule has 26 heavy (non-hydrogen) atoms. The third-order valence-corrected chi connectivity index (χ3v) is 5.97. The Bertz CT molecular complexity index is 704. The van der Waals surface area contributed by atoms with Crippen molar-refractivity contribution in [3.63, 3.8) is 0 Å². The third kappa shape index (κ3) is 6.21. The fourth-order valence-electron chi connectivity index (χ4n) is 2.39. The largest absolute Gasteiger partial charge is 0.452 e. The van der Waals surface area contributed by atoms with Crippen molar-refractivity contribution < 1.29 is 14.3 Å². The number of hydrogen-bond acceptors (Lipinski definition) is 6. The predicted molar refractivity (Wildman–Crippen MR) is 110 cm³/mol. The Kier molecular flexibility index (Phi) is 8.25. The number of hydrogen-bond donors (Lipinski definition) is 0. The summed E-state index contributed by atoms with van der Waals surface area (Å²) in [6, 6.07) is 7.34. The zero-order valence-corrected chi connectivity index (χ0v) is 16.8. The van der Waals surface area contributed by atoms with Crippen molar-refractivity contribution in [3.05, 3.63) is 47.5 Å². The molecular weight excluding hydrogens is 368 g/mol. The summed E-state index contributed by atoms with van der Waals surface area (Å²) in [5.41, 5.74) is 2.28. The van der Waals surface area contributed by atoms with Gasteiger partial charge in [-0.2, -0.15) is 0 Å². The molecule has 5 nitrogen and oxygen atoms in total. The number of rotatable bonds is 8. The normalized spacial score (nSPS) is 13.2. The van der Waals surface area contributed by atoms with E-state index in [1.165, 1.54) is 0 Å². The van der Waals surface area contributed by atoms with E-state index in [0.29, 0.717) is 24.4 Å². The van der Waals surface area contributed by atoms with E-state index in [1.54, 1.807) is 40.6 Å². The molecular formula is C19H24N2O3S2. The van der Waals surface area contributed by atoms with Crippen molar-refractivity contribution in [1.29, 1.82) is 0 Å². The van der Waals surface area contributed by atoms with Crippen LogP contribution in [0.25, 0.3) is 0 Å². The number of amides is 1. The number of esters is 1. The van der Waals surface area contributed by atoms with E-state index < -0.39 is 5.97 Å². The molecule has 1 amide bonds. The van der Waals surface area contributed by atoms with Gasteiger partial charge in [-0.25, -0.2) is 4.79 Å². The predicted octanol–water partition coefficient (Wildman–Crippen LogP) is 3.60. The number of carbonyl (C=O) groups excluding carboxylic acids is 2. The first-order valence-corrected chi connectivity index (χ1v) is 10.5. The first kappa shape index (κ1) is 20.6. The molecule has 0 fully saturated rings. The van der Waals surface area contributed by atoms with Crippen molar-refractivity contribution in [1.82, 2.24) is 4.90 Å². The van der Waals surface area contributed by atoms with Crippen LogP contribution in [0.4, 0.5) is 0 Å². The molecule has 0 atom stereocenters. The van der Waals surface area contributed by atoms with Crippen molar-refractivity contribution in [2.24, 2.45) is 4.99 Å². The standard InChI is InChI=1S/C19H24N2O3S2/c1-4-21(11-14(2)3)17(22)12-24-18(23)16-8-6-5-7-15(16)13-26-19-20-9-10-25-19/h5-8H,2,4,9-13H2,1,3H3. The van der Waals surface area contributed by atoms with Crippen LogP contribution in [-0.4, -0.2) is 53.1 Å². The lowest BCUT2D eigenvalue weighted by atomic mass is 10.1. The lowest BCUT2D eigenvalue weighted by Gasteiger charge is -2.20. The summed E-state index contributed by atoms with van der Waals surface area (Å²) < 4.78 is 6.32. The topological polar surface area (TPSA) is 59.0 Å². The molecule has 7 heteroatoms. The lowest BCUT2D eigenvalue weighted by molar-refractivity contribution is -0.133.